The number of unbranched alkanes of at least 4 members (excludes halogenated alkanes) is 3. The smallest absolute Gasteiger partial charge is 1.00 e. The van der Waals surface area contributed by atoms with Crippen LogP contribution in [0.3, 0.4) is 0 Å². The van der Waals surface area contributed by atoms with E-state index in [4.69, 9.17) is 93.1 Å². The zero-order chi connectivity index (χ0) is 39.7. The van der Waals surface area contributed by atoms with E-state index in [1.807, 2.05) is 0 Å². The maximum atomic E-state index is 10.3. The van der Waals surface area contributed by atoms with Crippen molar-refractivity contribution in [1.82, 2.24) is 0 Å². The van der Waals surface area contributed by atoms with Crippen molar-refractivity contribution in [2.75, 3.05) is 76.2 Å². The van der Waals surface area contributed by atoms with E-state index in [0.717, 1.165) is 0 Å². The Hall–Kier alpha value is 10.5. The largest absolute Gasteiger partial charge is 1.00 e. The SMILES string of the molecule is NCCN.NCCN.NCCN.O=P(O)(O)CCCCP(=O)(O)O.O=P(O)(O)CCCCP(=O)(O)O.O=P(O)(O)CCCCP(=O)(O)O.[H-].[H-].[H-].[H-].[H-].[H-].[K+].[K+].[K+].[K+].[K+].[K+]. The van der Waals surface area contributed by atoms with Crippen LogP contribution in [-0.4, -0.2) is 135 Å². The van der Waals surface area contributed by atoms with Crippen molar-refractivity contribution in [1.29, 1.82) is 0 Å². The summed E-state index contributed by atoms with van der Waals surface area (Å²) in [5, 5.41) is 0. The zero-order valence-corrected chi connectivity index (χ0v) is 56.8. The average Bonchev–Trinajstić information content (AvgIpc) is 2.90. The van der Waals surface area contributed by atoms with E-state index in [1.54, 1.807) is 0 Å². The fourth-order valence-electron chi connectivity index (χ4n) is 1.91. The second-order valence-corrected chi connectivity index (χ2v) is 19.8. The summed E-state index contributed by atoms with van der Waals surface area (Å²) < 4.78 is 61.5. The van der Waals surface area contributed by atoms with E-state index in [0.29, 0.717) is 39.3 Å². The summed E-state index contributed by atoms with van der Waals surface area (Å²) in [6.45, 7) is 3.58. The fraction of sp³-hybridized carbons (Fsp3) is 1.00. The van der Waals surface area contributed by atoms with Gasteiger partial charge in [0, 0.05) is 76.2 Å². The van der Waals surface area contributed by atoms with Crippen LogP contribution in [0, 0.1) is 0 Å². The Kier molecular flexibility index (Phi) is 104. The number of nitrogens with two attached hydrogens (primary N) is 6. The van der Waals surface area contributed by atoms with Gasteiger partial charge in [-0.25, -0.2) is 0 Å². The molecule has 0 bridgehead atoms. The van der Waals surface area contributed by atoms with Crippen LogP contribution >= 0.6 is 45.6 Å². The minimum Gasteiger partial charge on any atom is -1.00 e. The molecule has 24 N–H and O–H groups in total. The Balaban J connectivity index is -0.0000000223. The van der Waals surface area contributed by atoms with Gasteiger partial charge in [0.2, 0.25) is 0 Å². The van der Waals surface area contributed by atoms with Crippen LogP contribution in [-0.2, 0) is 27.4 Å². The third-order valence-electron chi connectivity index (χ3n) is 3.95. The van der Waals surface area contributed by atoms with Crippen molar-refractivity contribution in [2.24, 2.45) is 34.4 Å². The molecule has 312 valence electrons. The number of hydrogen-bond donors (Lipinski definition) is 18. The summed E-state index contributed by atoms with van der Waals surface area (Å²) in [5.74, 6) is 0. The molecule has 24 nitrogen and oxygen atoms in total. The Bertz CT molecular complexity index is 849. The molecular formula is C18H66K6N6O18P6. The van der Waals surface area contributed by atoms with Crippen LogP contribution < -0.4 is 343 Å². The van der Waals surface area contributed by atoms with Crippen molar-refractivity contribution >= 4 is 45.6 Å². The molecule has 0 aliphatic carbocycles. The van der Waals surface area contributed by atoms with Gasteiger partial charge in [0.25, 0.3) is 0 Å². The monoisotopic (exact) mass is 1070 g/mol. The first-order chi connectivity index (χ1) is 21.4. The third kappa shape index (κ3) is 144. The second kappa shape index (κ2) is 59.6. The summed E-state index contributed by atoms with van der Waals surface area (Å²) in [7, 11) is -24.0. The molecule has 54 heavy (non-hydrogen) atoms. The van der Waals surface area contributed by atoms with E-state index in [-0.39, 0.29) is 392 Å². The molecule has 0 rings (SSSR count). The molecule has 0 aliphatic heterocycles. The minimum absolute atomic E-state index is 0. The molecule has 0 aromatic rings. The molecule has 0 unspecified atom stereocenters. The topological polar surface area (TPSA) is 501 Å². The Morgan fingerprint density at radius 1 is 0.259 bits per heavy atom. The van der Waals surface area contributed by atoms with E-state index in [9.17, 15) is 27.4 Å². The predicted molar refractivity (Wildman–Crippen MR) is 190 cm³/mol. The molecule has 0 aliphatic rings. The predicted octanol–water partition coefficient (Wildman–Crippen LogP) is -20.2. The molecule has 0 amide bonds. The van der Waals surface area contributed by atoms with Gasteiger partial charge in [-0.3, -0.25) is 27.4 Å². The summed E-state index contributed by atoms with van der Waals surface area (Å²) in [6, 6.07) is 0. The minimum atomic E-state index is -4.00. The van der Waals surface area contributed by atoms with Crippen LogP contribution in [0.4, 0.5) is 0 Å². The van der Waals surface area contributed by atoms with Crippen LogP contribution in [0.15, 0.2) is 0 Å². The summed E-state index contributed by atoms with van der Waals surface area (Å²) in [6.07, 6.45) is -1.07. The van der Waals surface area contributed by atoms with E-state index >= 15 is 0 Å². The van der Waals surface area contributed by atoms with Crippen molar-refractivity contribution < 1.29 is 403 Å². The normalized spacial score (nSPS) is 10.6. The zero-order valence-electron chi connectivity index (χ0n) is 38.7. The van der Waals surface area contributed by atoms with Crippen molar-refractivity contribution in [3.8, 4) is 0 Å². The second-order valence-electron chi connectivity index (χ2n) is 9.18. The summed E-state index contributed by atoms with van der Waals surface area (Å²) >= 11 is 0. The quantitative estimate of drug-likeness (QED) is 0.0344. The van der Waals surface area contributed by atoms with E-state index in [1.165, 1.54) is 0 Å². The first kappa shape index (κ1) is 94.3. The maximum absolute atomic E-state index is 10.3. The van der Waals surface area contributed by atoms with Crippen molar-refractivity contribution in [3.63, 3.8) is 0 Å². The fourth-order valence-corrected chi connectivity index (χ4v) is 5.72. The van der Waals surface area contributed by atoms with Crippen LogP contribution in [0.5, 0.6) is 0 Å². The van der Waals surface area contributed by atoms with Crippen LogP contribution in [0.25, 0.3) is 0 Å². The molecule has 0 fully saturated rings. The Morgan fingerprint density at radius 3 is 0.370 bits per heavy atom. The maximum Gasteiger partial charge on any atom is 1.00 e. The summed E-state index contributed by atoms with van der Waals surface area (Å²) in [4.78, 5) is 100. The van der Waals surface area contributed by atoms with Crippen molar-refractivity contribution in [3.05, 3.63) is 0 Å². The van der Waals surface area contributed by atoms with Gasteiger partial charge in [0.1, 0.15) is 0 Å². The van der Waals surface area contributed by atoms with Crippen LogP contribution in [0.1, 0.15) is 47.1 Å². The molecule has 0 atom stereocenters. The molecule has 0 radical (unpaired) electrons. The summed E-state index contributed by atoms with van der Waals surface area (Å²) in [5.41, 5.74) is 29.4. The molecular weight excluding hydrogens is 1010 g/mol. The molecule has 0 spiro atoms. The molecule has 0 aromatic heterocycles. The van der Waals surface area contributed by atoms with Gasteiger partial charge in [0.05, 0.1) is 0 Å². The Morgan fingerprint density at radius 2 is 0.333 bits per heavy atom. The molecule has 0 saturated carbocycles. The standard InChI is InChI=1S/3C4H12O6P2.3C2H8N2.6K.6H/c3*5-11(6,7)3-1-2-4-12(8,9)10;3*3-1-2-4;;;;;;;;;;;;/h3*1-4H2,(H2,5,6,7)(H2,8,9,10);3*1-4H2;;;;;;;;;;;;/q;;;;;;6*+1;6*-1. The van der Waals surface area contributed by atoms with Crippen LogP contribution in [0.2, 0.25) is 0 Å². The number of hydrogen-bond acceptors (Lipinski definition) is 12. The van der Waals surface area contributed by atoms with Gasteiger partial charge in [-0.1, -0.05) is 0 Å². The van der Waals surface area contributed by atoms with Gasteiger partial charge >= 0.3 is 354 Å². The number of rotatable bonds is 18. The Labute approximate surface area is 583 Å². The van der Waals surface area contributed by atoms with Gasteiger partial charge in [-0.05, 0) is 38.5 Å². The van der Waals surface area contributed by atoms with Crippen molar-refractivity contribution in [2.45, 2.75) is 38.5 Å². The first-order valence-corrected chi connectivity index (χ1v) is 24.6. The third-order valence-corrected chi connectivity index (χ3v) is 9.34. The van der Waals surface area contributed by atoms with Gasteiger partial charge in [0.15, 0.2) is 0 Å². The molecule has 36 heteroatoms. The average molecular weight is 1080 g/mol. The van der Waals surface area contributed by atoms with Gasteiger partial charge in [-0.15, -0.1) is 0 Å². The molecule has 0 heterocycles. The van der Waals surface area contributed by atoms with E-state index in [2.05, 4.69) is 0 Å². The van der Waals surface area contributed by atoms with E-state index < -0.39 is 45.6 Å². The van der Waals surface area contributed by atoms with Gasteiger partial charge in [-0.2, -0.15) is 0 Å². The first-order valence-electron chi connectivity index (χ1n) is 13.8. The molecule has 0 saturated heterocycles. The van der Waals surface area contributed by atoms with Gasteiger partial charge < -0.3 is 102 Å². The molecule has 0 aromatic carbocycles.